The van der Waals surface area contributed by atoms with Crippen molar-refractivity contribution >= 4 is 21.6 Å². The number of hydrogen-bond acceptors (Lipinski definition) is 5. The van der Waals surface area contributed by atoms with Crippen molar-refractivity contribution in [1.29, 1.82) is 0 Å². The Bertz CT molecular complexity index is 877. The van der Waals surface area contributed by atoms with Crippen LogP contribution in [0.1, 0.15) is 29.8 Å². The molecule has 0 heterocycles. The first-order valence-corrected chi connectivity index (χ1v) is 9.48. The van der Waals surface area contributed by atoms with E-state index in [0.717, 1.165) is 5.56 Å². The van der Waals surface area contributed by atoms with Crippen molar-refractivity contribution < 1.29 is 22.7 Å². The lowest BCUT2D eigenvalue weighted by atomic mass is 10.1. The average Bonchev–Trinajstić information content (AvgIpc) is 2.59. The second-order valence-corrected chi connectivity index (χ2v) is 7.45. The lowest BCUT2D eigenvalue weighted by Crippen LogP contribution is -2.16. The number of sulfonamides is 1. The van der Waals surface area contributed by atoms with Gasteiger partial charge in [0.1, 0.15) is 10.6 Å². The van der Waals surface area contributed by atoms with E-state index in [0.29, 0.717) is 17.9 Å². The summed E-state index contributed by atoms with van der Waals surface area (Å²) in [7, 11) is -2.64. The van der Waals surface area contributed by atoms with Crippen LogP contribution in [0.25, 0.3) is 0 Å². The Kier molecular flexibility index (Phi) is 6.36. The van der Waals surface area contributed by atoms with Crippen molar-refractivity contribution in [1.82, 2.24) is 0 Å². The Morgan fingerprint density at radius 1 is 1.15 bits per heavy atom. The number of hydrogen-bond donors (Lipinski definition) is 2. The average molecular weight is 378 g/mol. The topological polar surface area (TPSA) is 108 Å². The van der Waals surface area contributed by atoms with Gasteiger partial charge in [0.25, 0.3) is 5.91 Å². The number of benzene rings is 2. The van der Waals surface area contributed by atoms with Crippen LogP contribution in [0.5, 0.6) is 5.75 Å². The van der Waals surface area contributed by atoms with E-state index in [2.05, 4.69) is 5.32 Å². The van der Waals surface area contributed by atoms with Crippen LogP contribution < -0.4 is 15.2 Å². The molecule has 1 amide bonds. The van der Waals surface area contributed by atoms with Crippen LogP contribution in [-0.4, -0.2) is 27.5 Å². The highest BCUT2D eigenvalue weighted by molar-refractivity contribution is 7.89. The van der Waals surface area contributed by atoms with Gasteiger partial charge in [0, 0.05) is 11.3 Å². The zero-order valence-corrected chi connectivity index (χ0v) is 15.7. The summed E-state index contributed by atoms with van der Waals surface area (Å²) in [6.07, 6.45) is 0.126. The number of methoxy groups -OCH3 is 1. The van der Waals surface area contributed by atoms with Crippen molar-refractivity contribution in [2.45, 2.75) is 31.5 Å². The summed E-state index contributed by atoms with van der Waals surface area (Å²) >= 11 is 0. The minimum atomic E-state index is -3.98. The van der Waals surface area contributed by atoms with E-state index < -0.39 is 10.0 Å². The quantitative estimate of drug-likeness (QED) is 0.770. The first-order chi connectivity index (χ1) is 12.2. The maximum atomic E-state index is 12.4. The summed E-state index contributed by atoms with van der Waals surface area (Å²) in [4.78, 5) is 12.2. The molecule has 140 valence electrons. The third kappa shape index (κ3) is 5.29. The fourth-order valence-electron chi connectivity index (χ4n) is 2.20. The smallest absolute Gasteiger partial charge is 0.255 e. The van der Waals surface area contributed by atoms with Crippen molar-refractivity contribution in [3.8, 4) is 5.75 Å². The van der Waals surface area contributed by atoms with E-state index in [4.69, 9.17) is 14.6 Å². The molecular formula is C18H22N2O5S. The minimum absolute atomic E-state index is 0.111. The Balaban J connectivity index is 2.14. The van der Waals surface area contributed by atoms with E-state index in [1.54, 1.807) is 24.3 Å². The molecule has 0 aliphatic heterocycles. The largest absolute Gasteiger partial charge is 0.495 e. The zero-order chi connectivity index (χ0) is 19.3. The van der Waals surface area contributed by atoms with Crippen LogP contribution in [0, 0.1) is 0 Å². The van der Waals surface area contributed by atoms with E-state index in [1.165, 1.54) is 25.3 Å². The molecule has 2 aromatic rings. The molecule has 3 N–H and O–H groups in total. The molecule has 0 saturated carbocycles. The van der Waals surface area contributed by atoms with Gasteiger partial charge in [-0.05, 0) is 49.7 Å². The van der Waals surface area contributed by atoms with Crippen LogP contribution in [0.2, 0.25) is 0 Å². The predicted molar refractivity (Wildman–Crippen MR) is 98.7 cm³/mol. The summed E-state index contributed by atoms with van der Waals surface area (Å²) < 4.78 is 33.8. The lowest BCUT2D eigenvalue weighted by Gasteiger charge is -2.11. The molecule has 0 aromatic heterocycles. The van der Waals surface area contributed by atoms with Gasteiger partial charge in [-0.25, -0.2) is 13.6 Å². The van der Waals surface area contributed by atoms with Gasteiger partial charge >= 0.3 is 0 Å². The molecule has 26 heavy (non-hydrogen) atoms. The highest BCUT2D eigenvalue weighted by Gasteiger charge is 2.16. The van der Waals surface area contributed by atoms with E-state index >= 15 is 0 Å². The van der Waals surface area contributed by atoms with Crippen molar-refractivity contribution in [3.05, 3.63) is 53.6 Å². The van der Waals surface area contributed by atoms with Gasteiger partial charge in [-0.2, -0.15) is 0 Å². The van der Waals surface area contributed by atoms with Gasteiger partial charge in [-0.15, -0.1) is 0 Å². The summed E-state index contributed by atoms with van der Waals surface area (Å²) in [5, 5.41) is 7.82. The molecule has 2 aromatic carbocycles. The molecule has 8 heteroatoms. The molecule has 7 nitrogen and oxygen atoms in total. The third-order valence-electron chi connectivity index (χ3n) is 3.53. The first kappa shape index (κ1) is 19.9. The fraction of sp³-hybridized carbons (Fsp3) is 0.278. The van der Waals surface area contributed by atoms with Crippen molar-refractivity contribution in [2.75, 3.05) is 12.4 Å². The van der Waals surface area contributed by atoms with Gasteiger partial charge in [0.05, 0.1) is 19.8 Å². The molecule has 0 aliphatic rings. The van der Waals surface area contributed by atoms with Gasteiger partial charge in [0.15, 0.2) is 0 Å². The summed E-state index contributed by atoms with van der Waals surface area (Å²) in [6, 6.07) is 11.2. The van der Waals surface area contributed by atoms with Gasteiger partial charge < -0.3 is 14.8 Å². The molecule has 0 unspecified atom stereocenters. The van der Waals surface area contributed by atoms with Gasteiger partial charge in [-0.3, -0.25) is 4.79 Å². The summed E-state index contributed by atoms with van der Waals surface area (Å²) in [5.74, 6) is -0.258. The Hall–Kier alpha value is -2.42. The molecule has 0 saturated heterocycles. The summed E-state index contributed by atoms with van der Waals surface area (Å²) in [5.41, 5.74) is 1.69. The van der Waals surface area contributed by atoms with Crippen LogP contribution in [0.15, 0.2) is 47.4 Å². The summed E-state index contributed by atoms with van der Waals surface area (Å²) in [6.45, 7) is 4.37. The monoisotopic (exact) mass is 378 g/mol. The fourth-order valence-corrected chi connectivity index (χ4v) is 2.92. The molecule has 0 bridgehead atoms. The maximum Gasteiger partial charge on any atom is 0.255 e. The molecule has 0 aliphatic carbocycles. The predicted octanol–water partition coefficient (Wildman–Crippen LogP) is 2.52. The highest BCUT2D eigenvalue weighted by atomic mass is 32.2. The molecule has 0 atom stereocenters. The number of carbonyl (C=O) groups excluding carboxylic acids is 1. The Morgan fingerprint density at radius 2 is 1.81 bits per heavy atom. The van der Waals surface area contributed by atoms with Crippen LogP contribution in [0.3, 0.4) is 0 Å². The molecule has 0 fully saturated rings. The van der Waals surface area contributed by atoms with E-state index in [-0.39, 0.29) is 22.7 Å². The van der Waals surface area contributed by atoms with Crippen molar-refractivity contribution in [3.63, 3.8) is 0 Å². The number of nitrogens with two attached hydrogens (primary N) is 1. The zero-order valence-electron chi connectivity index (χ0n) is 14.9. The van der Waals surface area contributed by atoms with Gasteiger partial charge in [0.2, 0.25) is 10.0 Å². The van der Waals surface area contributed by atoms with Gasteiger partial charge in [-0.1, -0.05) is 12.1 Å². The van der Waals surface area contributed by atoms with E-state index in [9.17, 15) is 13.2 Å². The second-order valence-electron chi connectivity index (χ2n) is 5.92. The first-order valence-electron chi connectivity index (χ1n) is 7.93. The number of anilines is 1. The van der Waals surface area contributed by atoms with Crippen LogP contribution in [-0.2, 0) is 21.4 Å². The number of nitrogens with one attached hydrogen (secondary N) is 1. The Morgan fingerprint density at radius 3 is 2.35 bits per heavy atom. The standard InChI is InChI=1S/C18H22N2O5S/c1-12(2)25-11-13-4-6-14(7-5-13)18(21)20-15-8-9-16(24-3)17(10-15)26(19,22)23/h4-10,12H,11H2,1-3H3,(H,20,21)(H2,19,22,23). The maximum absolute atomic E-state index is 12.4. The number of primary sulfonamides is 1. The molecule has 2 rings (SSSR count). The normalized spacial score (nSPS) is 11.4. The SMILES string of the molecule is COc1ccc(NC(=O)c2ccc(COC(C)C)cc2)cc1S(N)(=O)=O. The Labute approximate surface area is 153 Å². The van der Waals surface area contributed by atoms with E-state index in [1.807, 2.05) is 13.8 Å². The molecule has 0 radical (unpaired) electrons. The van der Waals surface area contributed by atoms with Crippen LogP contribution in [0.4, 0.5) is 5.69 Å². The van der Waals surface area contributed by atoms with Crippen LogP contribution >= 0.6 is 0 Å². The number of ether oxygens (including phenoxy) is 2. The molecule has 0 spiro atoms. The number of amides is 1. The minimum Gasteiger partial charge on any atom is -0.495 e. The second kappa shape index (κ2) is 8.31. The third-order valence-corrected chi connectivity index (χ3v) is 4.46. The number of rotatable bonds is 7. The highest BCUT2D eigenvalue weighted by Crippen LogP contribution is 2.26. The molecular weight excluding hydrogens is 356 g/mol. The van der Waals surface area contributed by atoms with Crippen molar-refractivity contribution in [2.24, 2.45) is 5.14 Å². The lowest BCUT2D eigenvalue weighted by molar-refractivity contribution is 0.0657. The number of carbonyl (C=O) groups is 1.